The molecule has 0 radical (unpaired) electrons. The van der Waals surface area contributed by atoms with Crippen LogP contribution in [0.5, 0.6) is 0 Å². The molecule has 1 atom stereocenters. The average molecular weight is 265 g/mol. The minimum Gasteiger partial charge on any atom is -0.480 e. The lowest BCUT2D eigenvalue weighted by Gasteiger charge is -2.43. The molecule has 19 heavy (non-hydrogen) atoms. The van der Waals surface area contributed by atoms with E-state index < -0.39 is 17.4 Å². The Balaban J connectivity index is 2.31. The Bertz CT molecular complexity index is 507. The van der Waals surface area contributed by atoms with Crippen LogP contribution in [0.4, 0.5) is 0 Å². The van der Waals surface area contributed by atoms with Crippen LogP contribution in [0.1, 0.15) is 42.9 Å². The summed E-state index contributed by atoms with van der Waals surface area (Å²) in [6, 6.07) is 0.841. The first-order valence-electron chi connectivity index (χ1n) is 6.39. The normalized spacial score (nSPS) is 22.3. The van der Waals surface area contributed by atoms with Crippen molar-refractivity contribution in [1.29, 1.82) is 0 Å². The number of hydrogen-bond acceptors (Lipinski definition) is 3. The van der Waals surface area contributed by atoms with Crippen LogP contribution >= 0.6 is 0 Å². The lowest BCUT2D eigenvalue weighted by molar-refractivity contribution is -0.148. The quantitative estimate of drug-likeness (QED) is 0.847. The van der Waals surface area contributed by atoms with Crippen LogP contribution in [0.15, 0.2) is 6.07 Å². The van der Waals surface area contributed by atoms with Crippen molar-refractivity contribution in [2.45, 2.75) is 39.7 Å². The molecule has 0 bridgehead atoms. The first kappa shape index (κ1) is 13.6. The molecule has 1 aromatic heterocycles. The Labute approximate surface area is 111 Å². The number of nitrogens with zero attached hydrogens (tertiary/aromatic N) is 2. The number of carbonyl (C=O) groups excluding carboxylic acids is 1. The summed E-state index contributed by atoms with van der Waals surface area (Å²) in [5.74, 6) is -1.27. The van der Waals surface area contributed by atoms with Crippen molar-refractivity contribution in [2.24, 2.45) is 5.41 Å². The van der Waals surface area contributed by atoms with Gasteiger partial charge in [0, 0.05) is 12.2 Å². The first-order valence-corrected chi connectivity index (χ1v) is 6.39. The number of carboxylic acid groups (broad SMARTS) is 1. The summed E-state index contributed by atoms with van der Waals surface area (Å²) >= 11 is 0. The Morgan fingerprint density at radius 2 is 2.21 bits per heavy atom. The SMILES string of the molecule is Cc1cc(C(=O)N2CCCC(C)(C)C2C(=O)O)n[nH]1. The van der Waals surface area contributed by atoms with Gasteiger partial charge in [0.15, 0.2) is 0 Å². The van der Waals surface area contributed by atoms with Gasteiger partial charge in [0.1, 0.15) is 11.7 Å². The number of aromatic nitrogens is 2. The number of aliphatic carboxylic acids is 1. The molecule has 0 spiro atoms. The summed E-state index contributed by atoms with van der Waals surface area (Å²) < 4.78 is 0. The second kappa shape index (κ2) is 4.68. The summed E-state index contributed by atoms with van der Waals surface area (Å²) in [4.78, 5) is 25.3. The number of rotatable bonds is 2. The average Bonchev–Trinajstić information content (AvgIpc) is 2.72. The van der Waals surface area contributed by atoms with Crippen molar-refractivity contribution in [3.63, 3.8) is 0 Å². The second-order valence-electron chi connectivity index (χ2n) is 5.77. The highest BCUT2D eigenvalue weighted by molar-refractivity contribution is 5.95. The molecule has 0 saturated carbocycles. The Hall–Kier alpha value is -1.85. The molecule has 1 aliphatic heterocycles. The molecule has 1 fully saturated rings. The largest absolute Gasteiger partial charge is 0.480 e. The van der Waals surface area contributed by atoms with Gasteiger partial charge in [0.25, 0.3) is 5.91 Å². The van der Waals surface area contributed by atoms with Gasteiger partial charge < -0.3 is 10.0 Å². The number of nitrogens with one attached hydrogen (secondary N) is 1. The van der Waals surface area contributed by atoms with Crippen LogP contribution < -0.4 is 0 Å². The fourth-order valence-electron chi connectivity index (χ4n) is 2.75. The minimum atomic E-state index is -0.953. The van der Waals surface area contributed by atoms with E-state index in [1.54, 1.807) is 13.0 Å². The van der Waals surface area contributed by atoms with Crippen LogP contribution in [-0.4, -0.2) is 44.7 Å². The van der Waals surface area contributed by atoms with E-state index in [4.69, 9.17) is 0 Å². The molecular weight excluding hydrogens is 246 g/mol. The number of carboxylic acids is 1. The molecule has 0 aromatic carbocycles. The standard InChI is InChI=1S/C13H19N3O3/c1-8-7-9(15-14-8)11(17)16-6-4-5-13(2,3)10(16)12(18)19/h7,10H,4-6H2,1-3H3,(H,14,15)(H,18,19). The lowest BCUT2D eigenvalue weighted by atomic mass is 9.76. The number of piperidine rings is 1. The van der Waals surface area contributed by atoms with E-state index in [0.29, 0.717) is 6.54 Å². The van der Waals surface area contributed by atoms with Crippen molar-refractivity contribution in [3.8, 4) is 0 Å². The zero-order valence-corrected chi connectivity index (χ0v) is 11.4. The maximum Gasteiger partial charge on any atom is 0.326 e. The lowest BCUT2D eigenvalue weighted by Crippen LogP contribution is -2.56. The molecule has 1 unspecified atom stereocenters. The first-order chi connectivity index (χ1) is 8.83. The minimum absolute atomic E-state index is 0.279. The molecule has 0 aliphatic carbocycles. The van der Waals surface area contributed by atoms with Crippen molar-refractivity contribution >= 4 is 11.9 Å². The van der Waals surface area contributed by atoms with Crippen molar-refractivity contribution < 1.29 is 14.7 Å². The summed E-state index contributed by atoms with van der Waals surface area (Å²) in [6.45, 7) is 6.05. The number of carbonyl (C=O) groups is 2. The zero-order chi connectivity index (χ0) is 14.2. The summed E-state index contributed by atoms with van der Waals surface area (Å²) in [5, 5.41) is 16.1. The molecule has 2 N–H and O–H groups in total. The van der Waals surface area contributed by atoms with Gasteiger partial charge in [-0.3, -0.25) is 9.89 Å². The summed E-state index contributed by atoms with van der Waals surface area (Å²) in [7, 11) is 0. The van der Waals surface area contributed by atoms with Gasteiger partial charge in [-0.1, -0.05) is 13.8 Å². The van der Waals surface area contributed by atoms with Gasteiger partial charge in [-0.05, 0) is 31.2 Å². The topological polar surface area (TPSA) is 86.3 Å². The van der Waals surface area contributed by atoms with Crippen molar-refractivity contribution in [3.05, 3.63) is 17.5 Å². The van der Waals surface area contributed by atoms with Crippen LogP contribution in [0.3, 0.4) is 0 Å². The molecule has 104 valence electrons. The molecule has 2 rings (SSSR count). The molecule has 6 nitrogen and oxygen atoms in total. The number of aromatic amines is 1. The van der Waals surface area contributed by atoms with Crippen molar-refractivity contribution in [1.82, 2.24) is 15.1 Å². The van der Waals surface area contributed by atoms with E-state index in [2.05, 4.69) is 10.2 Å². The number of likely N-dealkylation sites (tertiary alicyclic amines) is 1. The second-order valence-corrected chi connectivity index (χ2v) is 5.77. The Kier molecular flexibility index (Phi) is 3.34. The zero-order valence-electron chi connectivity index (χ0n) is 11.4. The van der Waals surface area contributed by atoms with Crippen LogP contribution in [0.25, 0.3) is 0 Å². The number of aryl methyl sites for hydroxylation is 1. The molecular formula is C13H19N3O3. The molecule has 2 heterocycles. The van der Waals surface area contributed by atoms with E-state index >= 15 is 0 Å². The summed E-state index contributed by atoms with van der Waals surface area (Å²) in [5.41, 5.74) is 0.637. The fourth-order valence-corrected chi connectivity index (χ4v) is 2.75. The van der Waals surface area contributed by atoms with E-state index in [1.807, 2.05) is 13.8 Å². The Morgan fingerprint density at radius 1 is 1.53 bits per heavy atom. The third kappa shape index (κ3) is 2.47. The highest BCUT2D eigenvalue weighted by Gasteiger charge is 2.45. The molecule has 6 heteroatoms. The molecule has 1 amide bonds. The molecule has 1 saturated heterocycles. The maximum atomic E-state index is 12.4. The van der Waals surface area contributed by atoms with Gasteiger partial charge in [0.2, 0.25) is 0 Å². The highest BCUT2D eigenvalue weighted by atomic mass is 16.4. The van der Waals surface area contributed by atoms with Crippen LogP contribution in [0.2, 0.25) is 0 Å². The maximum absolute atomic E-state index is 12.4. The smallest absolute Gasteiger partial charge is 0.326 e. The van der Waals surface area contributed by atoms with Crippen LogP contribution in [0, 0.1) is 12.3 Å². The third-order valence-corrected chi connectivity index (χ3v) is 3.69. The van der Waals surface area contributed by atoms with Crippen molar-refractivity contribution in [2.75, 3.05) is 6.54 Å². The van der Waals surface area contributed by atoms with Crippen LogP contribution in [-0.2, 0) is 4.79 Å². The van der Waals surface area contributed by atoms with E-state index in [1.165, 1.54) is 4.90 Å². The highest BCUT2D eigenvalue weighted by Crippen LogP contribution is 2.35. The number of H-pyrrole nitrogens is 1. The van der Waals surface area contributed by atoms with Gasteiger partial charge in [-0.25, -0.2) is 4.79 Å². The predicted molar refractivity (Wildman–Crippen MR) is 68.8 cm³/mol. The monoisotopic (exact) mass is 265 g/mol. The van der Waals surface area contributed by atoms with E-state index in [-0.39, 0.29) is 11.6 Å². The molecule has 1 aromatic rings. The third-order valence-electron chi connectivity index (χ3n) is 3.69. The van der Waals surface area contributed by atoms with Gasteiger partial charge >= 0.3 is 5.97 Å². The van der Waals surface area contributed by atoms with Gasteiger partial charge in [0.05, 0.1) is 0 Å². The van der Waals surface area contributed by atoms with E-state index in [0.717, 1.165) is 18.5 Å². The predicted octanol–water partition coefficient (Wildman–Crippen LogP) is 1.43. The number of hydrogen-bond donors (Lipinski definition) is 2. The molecule has 1 aliphatic rings. The van der Waals surface area contributed by atoms with E-state index in [9.17, 15) is 14.7 Å². The van der Waals surface area contributed by atoms with Gasteiger partial charge in [-0.2, -0.15) is 5.10 Å². The fraction of sp³-hybridized carbons (Fsp3) is 0.615. The Morgan fingerprint density at radius 3 is 2.74 bits per heavy atom. The van der Waals surface area contributed by atoms with Gasteiger partial charge in [-0.15, -0.1) is 0 Å². The number of amides is 1. The summed E-state index contributed by atoms with van der Waals surface area (Å²) in [6.07, 6.45) is 1.61.